The highest BCUT2D eigenvalue weighted by Crippen LogP contribution is 2.46. The number of aromatic nitrogens is 1. The Morgan fingerprint density at radius 2 is 1.71 bits per heavy atom. The van der Waals surface area contributed by atoms with Crippen molar-refractivity contribution in [1.29, 1.82) is 0 Å². The molecule has 0 radical (unpaired) electrons. The number of morpholine rings is 1. The Morgan fingerprint density at radius 3 is 2.31 bits per heavy atom. The van der Waals surface area contributed by atoms with Crippen LogP contribution in [-0.4, -0.2) is 49.5 Å². The lowest BCUT2D eigenvalue weighted by atomic mass is 10.0. The lowest BCUT2D eigenvalue weighted by Gasteiger charge is -2.34. The quantitative estimate of drug-likeness (QED) is 0.504. The predicted molar refractivity (Wildman–Crippen MR) is 137 cm³/mol. The van der Waals surface area contributed by atoms with E-state index in [1.165, 1.54) is 23.5 Å². The van der Waals surface area contributed by atoms with Crippen molar-refractivity contribution in [1.82, 2.24) is 9.88 Å². The normalized spacial score (nSPS) is 20.7. The van der Waals surface area contributed by atoms with Crippen LogP contribution in [0.3, 0.4) is 0 Å². The van der Waals surface area contributed by atoms with Gasteiger partial charge in [0.2, 0.25) is 10.0 Å². The molecule has 1 aliphatic carbocycles. The Morgan fingerprint density at radius 1 is 1.09 bits per heavy atom. The highest BCUT2D eigenvalue weighted by molar-refractivity contribution is 7.89. The third kappa shape index (κ3) is 5.15. The standard InChI is InChI=1S/C25H26ClN3O4S2/c1-14-12-29(13-15(2)33-14)25(30)24-28-22(18-7-10-21(26)20(11-18)16-3-4-16)23(34-24)17-5-8-19(9-6-17)35(27,31)32/h5-11,14-16H,3-4,12-13H2,1-2H3,(H2,27,31,32). The minimum atomic E-state index is -3.81. The van der Waals surface area contributed by atoms with Gasteiger partial charge in [-0.25, -0.2) is 18.5 Å². The number of benzene rings is 2. The maximum atomic E-state index is 13.4. The Bertz CT molecular complexity index is 1370. The number of thiazole rings is 1. The van der Waals surface area contributed by atoms with E-state index in [0.717, 1.165) is 39.4 Å². The number of amides is 1. The topological polar surface area (TPSA) is 103 Å². The molecule has 2 atom stereocenters. The molecule has 2 unspecified atom stereocenters. The van der Waals surface area contributed by atoms with Gasteiger partial charge in [-0.1, -0.05) is 29.8 Å². The van der Waals surface area contributed by atoms with E-state index in [2.05, 4.69) is 6.07 Å². The largest absolute Gasteiger partial charge is 0.372 e. The number of nitrogens with two attached hydrogens (primary N) is 1. The second-order valence-electron chi connectivity index (χ2n) is 9.24. The average molecular weight is 532 g/mol. The summed E-state index contributed by atoms with van der Waals surface area (Å²) >= 11 is 7.76. The minimum absolute atomic E-state index is 0.0300. The van der Waals surface area contributed by atoms with Crippen LogP contribution in [-0.2, 0) is 14.8 Å². The number of sulfonamides is 1. The van der Waals surface area contributed by atoms with Gasteiger partial charge in [0, 0.05) is 23.7 Å². The number of ether oxygens (including phenoxy) is 1. The minimum Gasteiger partial charge on any atom is -0.372 e. The maximum Gasteiger partial charge on any atom is 0.283 e. The van der Waals surface area contributed by atoms with Gasteiger partial charge < -0.3 is 9.64 Å². The van der Waals surface area contributed by atoms with Crippen LogP contribution in [0.25, 0.3) is 21.7 Å². The van der Waals surface area contributed by atoms with E-state index in [-0.39, 0.29) is 23.0 Å². The number of hydrogen-bond donors (Lipinski definition) is 1. The van der Waals surface area contributed by atoms with E-state index in [1.807, 2.05) is 26.0 Å². The first-order valence-corrected chi connectivity index (χ1v) is 14.2. The van der Waals surface area contributed by atoms with Crippen molar-refractivity contribution in [2.24, 2.45) is 5.14 Å². The van der Waals surface area contributed by atoms with E-state index in [0.29, 0.717) is 29.7 Å². The van der Waals surface area contributed by atoms with Crippen molar-refractivity contribution < 1.29 is 17.9 Å². The molecule has 1 amide bonds. The monoisotopic (exact) mass is 531 g/mol. The van der Waals surface area contributed by atoms with Crippen molar-refractivity contribution >= 4 is 38.9 Å². The van der Waals surface area contributed by atoms with E-state index in [4.69, 9.17) is 26.5 Å². The molecule has 10 heteroatoms. The Balaban J connectivity index is 1.59. The van der Waals surface area contributed by atoms with Crippen LogP contribution in [0, 0.1) is 0 Å². The molecule has 2 aromatic carbocycles. The van der Waals surface area contributed by atoms with Gasteiger partial charge in [-0.05, 0) is 68.0 Å². The second kappa shape index (κ2) is 9.29. The number of carbonyl (C=O) groups excluding carboxylic acids is 1. The third-order valence-electron chi connectivity index (χ3n) is 6.25. The molecular weight excluding hydrogens is 506 g/mol. The Labute approximate surface area is 213 Å². The van der Waals surface area contributed by atoms with Crippen LogP contribution >= 0.6 is 22.9 Å². The second-order valence-corrected chi connectivity index (χ2v) is 12.2. The zero-order valence-electron chi connectivity index (χ0n) is 19.4. The SMILES string of the molecule is CC1CN(C(=O)c2nc(-c3ccc(Cl)c(C4CC4)c3)c(-c3ccc(S(N)(=O)=O)cc3)s2)CC(C)O1. The summed E-state index contributed by atoms with van der Waals surface area (Å²) < 4.78 is 29.2. The van der Waals surface area contributed by atoms with Gasteiger partial charge in [0.1, 0.15) is 0 Å². The Hall–Kier alpha value is -2.30. The van der Waals surface area contributed by atoms with Crippen LogP contribution < -0.4 is 5.14 Å². The summed E-state index contributed by atoms with van der Waals surface area (Å²) in [5.41, 5.74) is 3.41. The van der Waals surface area contributed by atoms with Gasteiger partial charge >= 0.3 is 0 Å². The molecule has 1 aliphatic heterocycles. The molecule has 2 heterocycles. The molecule has 1 saturated heterocycles. The maximum absolute atomic E-state index is 13.4. The third-order valence-corrected chi connectivity index (χ3v) is 8.61. The molecule has 2 N–H and O–H groups in total. The lowest BCUT2D eigenvalue weighted by molar-refractivity contribution is -0.0586. The van der Waals surface area contributed by atoms with Crippen molar-refractivity contribution in [3.63, 3.8) is 0 Å². The van der Waals surface area contributed by atoms with E-state index < -0.39 is 10.0 Å². The summed E-state index contributed by atoms with van der Waals surface area (Å²) in [5, 5.41) is 6.39. The Kier molecular flexibility index (Phi) is 6.48. The molecule has 1 aromatic heterocycles. The molecule has 35 heavy (non-hydrogen) atoms. The summed E-state index contributed by atoms with van der Waals surface area (Å²) in [5.74, 6) is 0.318. The fourth-order valence-electron chi connectivity index (χ4n) is 4.48. The fraction of sp³-hybridized carbons (Fsp3) is 0.360. The van der Waals surface area contributed by atoms with Gasteiger partial charge in [-0.3, -0.25) is 4.79 Å². The summed E-state index contributed by atoms with van der Waals surface area (Å²) in [6, 6.07) is 12.2. The molecule has 7 nitrogen and oxygen atoms in total. The number of carbonyl (C=O) groups is 1. The van der Waals surface area contributed by atoms with Gasteiger partial charge in [0.05, 0.1) is 27.7 Å². The number of halogens is 1. The van der Waals surface area contributed by atoms with Gasteiger partial charge in [-0.15, -0.1) is 11.3 Å². The zero-order valence-corrected chi connectivity index (χ0v) is 21.8. The summed E-state index contributed by atoms with van der Waals surface area (Å²) in [4.78, 5) is 20.8. The fourth-order valence-corrected chi connectivity index (χ4v) is 6.32. The average Bonchev–Trinajstić information content (AvgIpc) is 3.55. The van der Waals surface area contributed by atoms with Crippen LogP contribution in [0.1, 0.15) is 48.0 Å². The molecule has 0 spiro atoms. The molecule has 2 aliphatic rings. The first-order chi connectivity index (χ1) is 16.6. The van der Waals surface area contributed by atoms with Crippen molar-refractivity contribution in [2.45, 2.75) is 49.7 Å². The van der Waals surface area contributed by atoms with Crippen molar-refractivity contribution in [3.8, 4) is 21.7 Å². The molecule has 3 aromatic rings. The zero-order chi connectivity index (χ0) is 24.9. The first-order valence-electron chi connectivity index (χ1n) is 11.5. The van der Waals surface area contributed by atoms with Gasteiger partial charge in [0.15, 0.2) is 5.01 Å². The number of primary sulfonamides is 1. The van der Waals surface area contributed by atoms with E-state index in [9.17, 15) is 13.2 Å². The van der Waals surface area contributed by atoms with E-state index >= 15 is 0 Å². The lowest BCUT2D eigenvalue weighted by Crippen LogP contribution is -2.48. The smallest absolute Gasteiger partial charge is 0.283 e. The molecule has 2 fully saturated rings. The predicted octanol–water partition coefficient (Wildman–Crippen LogP) is 4.90. The van der Waals surface area contributed by atoms with Crippen molar-refractivity contribution in [3.05, 3.63) is 58.1 Å². The van der Waals surface area contributed by atoms with Crippen molar-refractivity contribution in [2.75, 3.05) is 13.1 Å². The van der Waals surface area contributed by atoms with E-state index in [1.54, 1.807) is 17.0 Å². The van der Waals surface area contributed by atoms with Crippen LogP contribution in [0.15, 0.2) is 47.4 Å². The molecule has 5 rings (SSSR count). The summed E-state index contributed by atoms with van der Waals surface area (Å²) in [7, 11) is -3.81. The molecule has 0 bridgehead atoms. The van der Waals surface area contributed by atoms with Crippen LogP contribution in [0.2, 0.25) is 5.02 Å². The highest BCUT2D eigenvalue weighted by atomic mass is 35.5. The number of nitrogens with zero attached hydrogens (tertiary/aromatic N) is 2. The summed E-state index contributed by atoms with van der Waals surface area (Å²) in [6.07, 6.45) is 2.12. The molecular formula is C25H26ClN3O4S2. The van der Waals surface area contributed by atoms with Crippen LogP contribution in [0.4, 0.5) is 0 Å². The number of rotatable bonds is 5. The first kappa shape index (κ1) is 24.4. The number of hydrogen-bond acceptors (Lipinski definition) is 6. The highest BCUT2D eigenvalue weighted by Gasteiger charge is 2.31. The van der Waals surface area contributed by atoms with Gasteiger partial charge in [-0.2, -0.15) is 0 Å². The molecule has 184 valence electrons. The van der Waals surface area contributed by atoms with Gasteiger partial charge in [0.25, 0.3) is 5.91 Å². The van der Waals surface area contributed by atoms with Crippen LogP contribution in [0.5, 0.6) is 0 Å². The molecule has 1 saturated carbocycles. The summed E-state index contributed by atoms with van der Waals surface area (Å²) in [6.45, 7) is 4.91.